The van der Waals surface area contributed by atoms with E-state index in [4.69, 9.17) is 9.15 Å². The van der Waals surface area contributed by atoms with Crippen LogP contribution in [0.25, 0.3) is 0 Å². The van der Waals surface area contributed by atoms with Gasteiger partial charge in [-0.15, -0.1) is 0 Å². The first kappa shape index (κ1) is 21.8. The van der Waals surface area contributed by atoms with Crippen LogP contribution in [-0.2, 0) is 26.1 Å². The summed E-state index contributed by atoms with van der Waals surface area (Å²) in [5.41, 5.74) is 0.418. The van der Waals surface area contributed by atoms with Gasteiger partial charge in [0.1, 0.15) is 5.76 Å². The Morgan fingerprint density at radius 1 is 1.18 bits per heavy atom. The van der Waals surface area contributed by atoms with Gasteiger partial charge in [0.05, 0.1) is 24.2 Å². The summed E-state index contributed by atoms with van der Waals surface area (Å²) in [6.45, 7) is 1.73. The summed E-state index contributed by atoms with van der Waals surface area (Å²) >= 11 is 0. The average Bonchev–Trinajstić information content (AvgIpc) is 3.19. The molecule has 2 aromatic rings. The maximum atomic E-state index is 13.0. The van der Waals surface area contributed by atoms with Gasteiger partial charge in [-0.1, -0.05) is 12.1 Å². The van der Waals surface area contributed by atoms with Crippen molar-refractivity contribution in [2.45, 2.75) is 24.8 Å². The second kappa shape index (κ2) is 10.2. The molecule has 0 radical (unpaired) electrons. The Morgan fingerprint density at radius 3 is 2.46 bits per heavy atom. The van der Waals surface area contributed by atoms with Crippen molar-refractivity contribution in [2.75, 3.05) is 26.8 Å². The van der Waals surface area contributed by atoms with E-state index in [1.807, 2.05) is 0 Å². The van der Waals surface area contributed by atoms with E-state index in [0.717, 1.165) is 4.31 Å². The molecule has 152 valence electrons. The second-order valence-corrected chi connectivity index (χ2v) is 8.06. The first-order valence-electron chi connectivity index (χ1n) is 8.73. The van der Waals surface area contributed by atoms with E-state index < -0.39 is 15.9 Å². The van der Waals surface area contributed by atoms with Crippen molar-refractivity contribution in [3.63, 3.8) is 0 Å². The Morgan fingerprint density at radius 2 is 1.89 bits per heavy atom. The fourth-order valence-electron chi connectivity index (χ4n) is 2.50. The highest BCUT2D eigenvalue weighted by molar-refractivity contribution is 7.89. The standard InChI is InChI=1S/C19H24N2O6S/c1-15(22)16-6-8-18(9-7-16)28(24,25)21(10-4-11-26-2)14-19(23)20-13-17-5-3-12-27-17/h3,5-9,12H,4,10-11,13-14H2,1-2H3,(H,20,23). The Bertz CT molecular complexity index is 876. The molecule has 0 atom stereocenters. The molecule has 0 saturated carbocycles. The predicted molar refractivity (Wildman–Crippen MR) is 102 cm³/mol. The number of hydrogen-bond acceptors (Lipinski definition) is 6. The highest BCUT2D eigenvalue weighted by Crippen LogP contribution is 2.17. The molecule has 0 aliphatic heterocycles. The van der Waals surface area contributed by atoms with Crippen molar-refractivity contribution >= 4 is 21.7 Å². The van der Waals surface area contributed by atoms with Crippen molar-refractivity contribution in [1.82, 2.24) is 9.62 Å². The van der Waals surface area contributed by atoms with Gasteiger partial charge in [-0.2, -0.15) is 4.31 Å². The number of carbonyl (C=O) groups excluding carboxylic acids is 2. The fourth-order valence-corrected chi connectivity index (χ4v) is 3.93. The van der Waals surface area contributed by atoms with Crippen LogP contribution < -0.4 is 5.32 Å². The third kappa shape index (κ3) is 6.01. The topological polar surface area (TPSA) is 106 Å². The van der Waals surface area contributed by atoms with E-state index in [1.165, 1.54) is 44.6 Å². The van der Waals surface area contributed by atoms with Gasteiger partial charge in [0, 0.05) is 25.8 Å². The second-order valence-electron chi connectivity index (χ2n) is 6.12. The summed E-state index contributed by atoms with van der Waals surface area (Å²) < 4.78 is 37.2. The lowest BCUT2D eigenvalue weighted by Gasteiger charge is -2.21. The number of nitrogens with zero attached hydrogens (tertiary/aromatic N) is 1. The van der Waals surface area contributed by atoms with Crippen LogP contribution in [-0.4, -0.2) is 51.2 Å². The number of ether oxygens (including phenoxy) is 1. The molecule has 0 aliphatic rings. The molecule has 0 bridgehead atoms. The van der Waals surface area contributed by atoms with Crippen LogP contribution in [0.2, 0.25) is 0 Å². The Balaban J connectivity index is 2.12. The molecule has 8 nitrogen and oxygen atoms in total. The molecule has 0 aliphatic carbocycles. The molecule has 28 heavy (non-hydrogen) atoms. The van der Waals surface area contributed by atoms with Gasteiger partial charge in [-0.25, -0.2) is 8.42 Å². The normalized spacial score (nSPS) is 11.5. The van der Waals surface area contributed by atoms with Gasteiger partial charge in [-0.05, 0) is 37.6 Å². The molecule has 0 spiro atoms. The van der Waals surface area contributed by atoms with Crippen LogP contribution in [0.15, 0.2) is 52.0 Å². The van der Waals surface area contributed by atoms with Gasteiger partial charge in [0.15, 0.2) is 5.78 Å². The van der Waals surface area contributed by atoms with Crippen molar-refractivity contribution in [1.29, 1.82) is 0 Å². The largest absolute Gasteiger partial charge is 0.467 e. The highest BCUT2D eigenvalue weighted by Gasteiger charge is 2.26. The number of benzene rings is 1. The predicted octanol–water partition coefficient (Wildman–Crippen LogP) is 1.83. The highest BCUT2D eigenvalue weighted by atomic mass is 32.2. The molecule has 1 heterocycles. The van der Waals surface area contributed by atoms with Crippen molar-refractivity contribution in [3.8, 4) is 0 Å². The lowest BCUT2D eigenvalue weighted by Crippen LogP contribution is -2.41. The van der Waals surface area contributed by atoms with E-state index in [1.54, 1.807) is 12.1 Å². The zero-order valence-electron chi connectivity index (χ0n) is 15.9. The van der Waals surface area contributed by atoms with Crippen LogP contribution in [0.1, 0.15) is 29.5 Å². The number of furan rings is 1. The van der Waals surface area contributed by atoms with Crippen LogP contribution in [0.3, 0.4) is 0 Å². The zero-order valence-corrected chi connectivity index (χ0v) is 16.7. The number of nitrogens with one attached hydrogen (secondary N) is 1. The van der Waals surface area contributed by atoms with E-state index in [2.05, 4.69) is 5.32 Å². The molecule has 1 aromatic carbocycles. The number of methoxy groups -OCH3 is 1. The van der Waals surface area contributed by atoms with Gasteiger partial charge in [0.2, 0.25) is 15.9 Å². The quantitative estimate of drug-likeness (QED) is 0.449. The third-order valence-corrected chi connectivity index (χ3v) is 5.87. The van der Waals surface area contributed by atoms with Gasteiger partial charge >= 0.3 is 0 Å². The molecule has 0 fully saturated rings. The number of Topliss-reactive ketones (excluding diaryl/α,β-unsaturated/α-hetero) is 1. The van der Waals surface area contributed by atoms with Crippen molar-refractivity contribution in [3.05, 3.63) is 54.0 Å². The number of amides is 1. The minimum atomic E-state index is -3.91. The lowest BCUT2D eigenvalue weighted by atomic mass is 10.2. The SMILES string of the molecule is COCCCN(CC(=O)NCc1ccco1)S(=O)(=O)c1ccc(C(C)=O)cc1. The maximum absolute atomic E-state index is 13.0. The minimum Gasteiger partial charge on any atom is -0.467 e. The maximum Gasteiger partial charge on any atom is 0.243 e. The number of carbonyl (C=O) groups is 2. The Labute approximate surface area is 164 Å². The van der Waals surface area contributed by atoms with Crippen LogP contribution in [0.4, 0.5) is 0 Å². The molecule has 1 N–H and O–H groups in total. The molecule has 1 aromatic heterocycles. The summed E-state index contributed by atoms with van der Waals surface area (Å²) in [5.74, 6) is -0.0297. The summed E-state index contributed by atoms with van der Waals surface area (Å²) in [6.07, 6.45) is 1.93. The first-order valence-corrected chi connectivity index (χ1v) is 10.2. The van der Waals surface area contributed by atoms with Crippen LogP contribution in [0.5, 0.6) is 0 Å². The third-order valence-electron chi connectivity index (χ3n) is 4.01. The number of hydrogen-bond donors (Lipinski definition) is 1. The van der Waals surface area contributed by atoms with Gasteiger partial charge in [-0.3, -0.25) is 9.59 Å². The van der Waals surface area contributed by atoms with E-state index in [9.17, 15) is 18.0 Å². The lowest BCUT2D eigenvalue weighted by molar-refractivity contribution is -0.121. The summed E-state index contributed by atoms with van der Waals surface area (Å²) in [7, 11) is -2.39. The van der Waals surface area contributed by atoms with E-state index in [-0.39, 0.29) is 30.3 Å². The summed E-state index contributed by atoms with van der Waals surface area (Å²) in [4.78, 5) is 23.7. The number of sulfonamides is 1. The van der Waals surface area contributed by atoms with E-state index >= 15 is 0 Å². The van der Waals surface area contributed by atoms with E-state index in [0.29, 0.717) is 24.4 Å². The summed E-state index contributed by atoms with van der Waals surface area (Å²) in [5, 5.41) is 2.64. The van der Waals surface area contributed by atoms with Gasteiger partial charge in [0.25, 0.3) is 0 Å². The van der Waals surface area contributed by atoms with Crippen LogP contribution in [0, 0.1) is 0 Å². The molecule has 2 rings (SSSR count). The zero-order chi connectivity index (χ0) is 20.6. The molecule has 1 amide bonds. The number of ketones is 1. The fraction of sp³-hybridized carbons (Fsp3) is 0.368. The minimum absolute atomic E-state index is 0.0220. The average molecular weight is 408 g/mol. The summed E-state index contributed by atoms with van der Waals surface area (Å²) in [6, 6.07) is 9.07. The molecule has 0 saturated heterocycles. The smallest absolute Gasteiger partial charge is 0.243 e. The molecule has 0 unspecified atom stereocenters. The van der Waals surface area contributed by atoms with Gasteiger partial charge < -0.3 is 14.5 Å². The Kier molecular flexibility index (Phi) is 7.91. The van der Waals surface area contributed by atoms with Crippen LogP contribution >= 0.6 is 0 Å². The molecular formula is C19H24N2O6S. The monoisotopic (exact) mass is 408 g/mol. The first-order chi connectivity index (χ1) is 13.3. The Hall–Kier alpha value is -2.49. The van der Waals surface area contributed by atoms with Crippen molar-refractivity contribution in [2.24, 2.45) is 0 Å². The molecular weight excluding hydrogens is 384 g/mol. The number of rotatable bonds is 11. The van der Waals surface area contributed by atoms with Crippen molar-refractivity contribution < 1.29 is 27.2 Å². The molecule has 9 heteroatoms.